The van der Waals surface area contributed by atoms with Crippen molar-refractivity contribution < 1.29 is 14.3 Å². The molecule has 0 unspecified atom stereocenters. The number of nitrogens with one attached hydrogen (secondary N) is 2. The quantitative estimate of drug-likeness (QED) is 0.469. The van der Waals surface area contributed by atoms with Gasteiger partial charge in [0.1, 0.15) is 11.4 Å². The predicted molar refractivity (Wildman–Crippen MR) is 145 cm³/mol. The van der Waals surface area contributed by atoms with Gasteiger partial charge in [-0.15, -0.1) is 5.10 Å². The number of carbonyl (C=O) groups excluding carboxylic acids is 2. The zero-order chi connectivity index (χ0) is 26.6. The standard InChI is InChI=1S/C28H38N6O3/c1-19(2)12-15-29-26(35)21-8-6-20(7-9-21)23-18-30-25-11-10-24(32-34(23)25)31-22-13-16-33(17-14-22)27(36)37-28(3,4)5/h6-11,18-19,22H,12-17H2,1-5H3,(H,29,35)(H,31,32). The van der Waals surface area contributed by atoms with Crippen molar-refractivity contribution in [1.29, 1.82) is 0 Å². The largest absolute Gasteiger partial charge is 0.444 e. The molecule has 1 saturated heterocycles. The van der Waals surface area contributed by atoms with Crippen LogP contribution in [0.4, 0.5) is 10.6 Å². The lowest BCUT2D eigenvalue weighted by atomic mass is 10.1. The van der Waals surface area contributed by atoms with E-state index >= 15 is 0 Å². The summed E-state index contributed by atoms with van der Waals surface area (Å²) < 4.78 is 7.31. The number of aromatic nitrogens is 3. The van der Waals surface area contributed by atoms with Crippen LogP contribution in [0.3, 0.4) is 0 Å². The third kappa shape index (κ3) is 6.99. The van der Waals surface area contributed by atoms with Crippen molar-refractivity contribution in [3.63, 3.8) is 0 Å². The van der Waals surface area contributed by atoms with Crippen molar-refractivity contribution in [3.05, 3.63) is 48.2 Å². The molecule has 9 nitrogen and oxygen atoms in total. The zero-order valence-corrected chi connectivity index (χ0v) is 22.5. The summed E-state index contributed by atoms with van der Waals surface area (Å²) in [7, 11) is 0. The van der Waals surface area contributed by atoms with Gasteiger partial charge in [0, 0.05) is 36.8 Å². The van der Waals surface area contributed by atoms with Gasteiger partial charge in [-0.3, -0.25) is 4.79 Å². The fraction of sp³-hybridized carbons (Fsp3) is 0.500. The van der Waals surface area contributed by atoms with Crippen LogP contribution in [0.2, 0.25) is 0 Å². The van der Waals surface area contributed by atoms with Crippen molar-refractivity contribution in [1.82, 2.24) is 24.8 Å². The van der Waals surface area contributed by atoms with Gasteiger partial charge in [0.15, 0.2) is 5.65 Å². The summed E-state index contributed by atoms with van der Waals surface area (Å²) in [6.07, 6.45) is 4.12. The van der Waals surface area contributed by atoms with Gasteiger partial charge < -0.3 is 20.3 Å². The van der Waals surface area contributed by atoms with Crippen LogP contribution in [-0.4, -0.2) is 62.8 Å². The number of rotatable bonds is 7. The Balaban J connectivity index is 1.39. The van der Waals surface area contributed by atoms with Crippen molar-refractivity contribution in [3.8, 4) is 11.3 Å². The van der Waals surface area contributed by atoms with E-state index < -0.39 is 5.60 Å². The molecule has 1 aromatic carbocycles. The number of imidazole rings is 1. The first-order valence-corrected chi connectivity index (χ1v) is 13.1. The number of amides is 2. The number of hydrogen-bond acceptors (Lipinski definition) is 6. The van der Waals surface area contributed by atoms with Gasteiger partial charge >= 0.3 is 6.09 Å². The summed E-state index contributed by atoms with van der Waals surface area (Å²) in [4.78, 5) is 31.0. The highest BCUT2D eigenvalue weighted by atomic mass is 16.6. The minimum Gasteiger partial charge on any atom is -0.444 e. The summed E-state index contributed by atoms with van der Waals surface area (Å²) in [6.45, 7) is 11.9. The number of hydrogen-bond donors (Lipinski definition) is 2. The fourth-order valence-corrected chi connectivity index (χ4v) is 4.26. The number of nitrogens with zero attached hydrogens (tertiary/aromatic N) is 4. The third-order valence-electron chi connectivity index (χ3n) is 6.31. The molecule has 4 rings (SSSR count). The average molecular weight is 507 g/mol. The minimum absolute atomic E-state index is 0.0623. The first-order valence-electron chi connectivity index (χ1n) is 13.1. The Bertz CT molecular complexity index is 1220. The molecular formula is C28H38N6O3. The summed E-state index contributed by atoms with van der Waals surface area (Å²) in [5.41, 5.74) is 2.67. The number of ether oxygens (including phenoxy) is 1. The Hall–Kier alpha value is -3.62. The molecule has 1 aliphatic rings. The normalized spacial score (nSPS) is 14.7. The molecule has 0 radical (unpaired) electrons. The average Bonchev–Trinajstić information content (AvgIpc) is 3.26. The smallest absolute Gasteiger partial charge is 0.410 e. The van der Waals surface area contributed by atoms with Gasteiger partial charge in [0.2, 0.25) is 0 Å². The molecule has 9 heteroatoms. The van der Waals surface area contributed by atoms with Crippen LogP contribution in [-0.2, 0) is 4.74 Å². The molecule has 1 aliphatic heterocycles. The summed E-state index contributed by atoms with van der Waals surface area (Å²) in [6, 6.07) is 11.6. The molecule has 3 aromatic rings. The topological polar surface area (TPSA) is 101 Å². The van der Waals surface area contributed by atoms with Crippen LogP contribution in [0, 0.1) is 5.92 Å². The maximum absolute atomic E-state index is 12.4. The van der Waals surface area contributed by atoms with E-state index in [1.54, 1.807) is 11.1 Å². The monoisotopic (exact) mass is 506 g/mol. The molecule has 0 bridgehead atoms. The molecule has 0 atom stereocenters. The second kappa shape index (κ2) is 11.2. The molecule has 198 valence electrons. The first-order chi connectivity index (χ1) is 17.6. The molecule has 37 heavy (non-hydrogen) atoms. The number of anilines is 1. The second-order valence-corrected chi connectivity index (χ2v) is 11.0. The Kier molecular flexibility index (Phi) is 8.00. The maximum atomic E-state index is 12.4. The van der Waals surface area contributed by atoms with Crippen LogP contribution >= 0.6 is 0 Å². The number of likely N-dealkylation sites (tertiary alicyclic amines) is 1. The van der Waals surface area contributed by atoms with E-state index in [0.29, 0.717) is 31.1 Å². The van der Waals surface area contributed by atoms with E-state index in [9.17, 15) is 9.59 Å². The Labute approximate surface area is 218 Å². The first kappa shape index (κ1) is 26.4. The summed E-state index contributed by atoms with van der Waals surface area (Å²) in [5, 5.41) is 11.3. The maximum Gasteiger partial charge on any atom is 0.410 e. The Morgan fingerprint density at radius 1 is 1.08 bits per heavy atom. The fourth-order valence-electron chi connectivity index (χ4n) is 4.26. The molecule has 1 fully saturated rings. The number of fused-ring (bicyclic) bond motifs is 1. The van der Waals surface area contributed by atoms with E-state index in [1.165, 1.54) is 0 Å². The van der Waals surface area contributed by atoms with E-state index in [0.717, 1.165) is 42.0 Å². The van der Waals surface area contributed by atoms with E-state index in [1.807, 2.05) is 61.7 Å². The predicted octanol–water partition coefficient (Wildman–Crippen LogP) is 4.98. The number of piperidine rings is 1. The third-order valence-corrected chi connectivity index (χ3v) is 6.31. The van der Waals surface area contributed by atoms with E-state index in [2.05, 4.69) is 29.5 Å². The van der Waals surface area contributed by atoms with Crippen molar-refractivity contribution in [2.45, 2.75) is 65.5 Å². The minimum atomic E-state index is -0.492. The van der Waals surface area contributed by atoms with Crippen LogP contribution in [0.15, 0.2) is 42.6 Å². The Morgan fingerprint density at radius 2 is 1.78 bits per heavy atom. The van der Waals surface area contributed by atoms with Gasteiger partial charge in [-0.05, 0) is 70.2 Å². The lowest BCUT2D eigenvalue weighted by Gasteiger charge is -2.33. The Morgan fingerprint density at radius 3 is 2.43 bits per heavy atom. The van der Waals surface area contributed by atoms with Crippen molar-refractivity contribution >= 4 is 23.5 Å². The zero-order valence-electron chi connectivity index (χ0n) is 22.5. The molecule has 3 heterocycles. The lowest BCUT2D eigenvalue weighted by molar-refractivity contribution is 0.0210. The SMILES string of the molecule is CC(C)CCNC(=O)c1ccc(-c2cnc3ccc(NC4CCN(C(=O)OC(C)(C)C)CC4)nn23)cc1. The molecule has 2 aromatic heterocycles. The van der Waals surface area contributed by atoms with Gasteiger partial charge in [-0.25, -0.2) is 14.3 Å². The highest BCUT2D eigenvalue weighted by Gasteiger charge is 2.27. The highest BCUT2D eigenvalue weighted by Crippen LogP contribution is 2.23. The molecule has 2 amide bonds. The molecule has 0 spiro atoms. The van der Waals surface area contributed by atoms with Gasteiger partial charge in [0.05, 0.1) is 11.9 Å². The van der Waals surface area contributed by atoms with Crippen molar-refractivity contribution in [2.24, 2.45) is 5.92 Å². The van der Waals surface area contributed by atoms with Crippen LogP contribution < -0.4 is 10.6 Å². The lowest BCUT2D eigenvalue weighted by Crippen LogP contribution is -2.44. The molecule has 0 aliphatic carbocycles. The van der Waals surface area contributed by atoms with Crippen LogP contribution in [0.1, 0.15) is 64.2 Å². The van der Waals surface area contributed by atoms with E-state index in [-0.39, 0.29) is 18.0 Å². The highest BCUT2D eigenvalue weighted by molar-refractivity contribution is 5.94. The van der Waals surface area contributed by atoms with Gasteiger partial charge in [0.25, 0.3) is 5.91 Å². The number of carbonyl (C=O) groups is 2. The van der Waals surface area contributed by atoms with Gasteiger partial charge in [-0.1, -0.05) is 26.0 Å². The van der Waals surface area contributed by atoms with E-state index in [4.69, 9.17) is 9.84 Å². The van der Waals surface area contributed by atoms with Crippen LogP contribution in [0.5, 0.6) is 0 Å². The van der Waals surface area contributed by atoms with Crippen LogP contribution in [0.25, 0.3) is 16.9 Å². The van der Waals surface area contributed by atoms with Crippen molar-refractivity contribution in [2.75, 3.05) is 25.0 Å². The molecular weight excluding hydrogens is 468 g/mol. The molecule has 2 N–H and O–H groups in total. The van der Waals surface area contributed by atoms with Gasteiger partial charge in [-0.2, -0.15) is 0 Å². The second-order valence-electron chi connectivity index (χ2n) is 11.0. The number of benzene rings is 1. The molecule has 0 saturated carbocycles. The summed E-state index contributed by atoms with van der Waals surface area (Å²) >= 11 is 0. The summed E-state index contributed by atoms with van der Waals surface area (Å²) in [5.74, 6) is 1.24.